The van der Waals surface area contributed by atoms with Crippen molar-refractivity contribution < 1.29 is 4.74 Å². The molecule has 1 N–H and O–H groups in total. The van der Waals surface area contributed by atoms with Gasteiger partial charge in [0.25, 0.3) is 0 Å². The van der Waals surface area contributed by atoms with E-state index in [-0.39, 0.29) is 0 Å². The van der Waals surface area contributed by atoms with E-state index in [0.29, 0.717) is 10.8 Å². The number of fused-ring (bicyclic) bond motifs is 2. The summed E-state index contributed by atoms with van der Waals surface area (Å²) >= 11 is 7.59. The topological polar surface area (TPSA) is 47.0 Å². The Hall–Kier alpha value is -3.28. The molecule has 0 fully saturated rings. The molecule has 0 spiro atoms. The van der Waals surface area contributed by atoms with Crippen LogP contribution in [0.5, 0.6) is 5.75 Å². The molecule has 0 saturated carbocycles. The number of benzene rings is 4. The largest absolute Gasteiger partial charge is 0.497 e. The average molecular weight is 444 g/mol. The van der Waals surface area contributed by atoms with Crippen molar-refractivity contribution in [2.24, 2.45) is 0 Å². The van der Waals surface area contributed by atoms with E-state index >= 15 is 0 Å². The van der Waals surface area contributed by atoms with Crippen molar-refractivity contribution in [3.8, 4) is 5.75 Å². The molecule has 1 aromatic heterocycles. The SMILES string of the molecule is COc1cccc(Sc2nc3cc4ccccc4cc3nc2Nc2ccc(Cl)cc2)c1. The molecule has 6 heteroatoms. The van der Waals surface area contributed by atoms with Crippen molar-refractivity contribution in [2.45, 2.75) is 9.92 Å². The Morgan fingerprint density at radius 2 is 1.52 bits per heavy atom. The molecule has 5 aromatic rings. The molecule has 5 rings (SSSR count). The molecule has 152 valence electrons. The third-order valence-electron chi connectivity index (χ3n) is 4.86. The van der Waals surface area contributed by atoms with Gasteiger partial charge in [-0.2, -0.15) is 0 Å². The number of anilines is 2. The summed E-state index contributed by atoms with van der Waals surface area (Å²) in [5.41, 5.74) is 2.59. The van der Waals surface area contributed by atoms with Gasteiger partial charge in [0.05, 0.1) is 18.1 Å². The first-order chi connectivity index (χ1) is 15.2. The van der Waals surface area contributed by atoms with Gasteiger partial charge < -0.3 is 10.1 Å². The van der Waals surface area contributed by atoms with Crippen LogP contribution in [-0.4, -0.2) is 17.1 Å². The molecule has 0 aliphatic rings. The number of nitrogens with zero attached hydrogens (tertiary/aromatic N) is 2. The minimum Gasteiger partial charge on any atom is -0.497 e. The van der Waals surface area contributed by atoms with Crippen molar-refractivity contribution in [1.82, 2.24) is 9.97 Å². The van der Waals surface area contributed by atoms with E-state index in [1.807, 2.05) is 60.7 Å². The summed E-state index contributed by atoms with van der Waals surface area (Å²) in [7, 11) is 1.66. The van der Waals surface area contributed by atoms with Gasteiger partial charge in [0.1, 0.15) is 10.8 Å². The molecule has 4 aromatic carbocycles. The van der Waals surface area contributed by atoms with E-state index < -0.39 is 0 Å². The quantitative estimate of drug-likeness (QED) is 0.288. The fourth-order valence-corrected chi connectivity index (χ4v) is 4.33. The van der Waals surface area contributed by atoms with Gasteiger partial charge in [-0.15, -0.1) is 0 Å². The van der Waals surface area contributed by atoms with Crippen molar-refractivity contribution in [3.05, 3.63) is 90.0 Å². The maximum absolute atomic E-state index is 6.04. The van der Waals surface area contributed by atoms with Crippen molar-refractivity contribution in [3.63, 3.8) is 0 Å². The number of hydrogen-bond acceptors (Lipinski definition) is 5. The molecule has 0 aliphatic carbocycles. The first-order valence-electron chi connectivity index (χ1n) is 9.73. The first-order valence-corrected chi connectivity index (χ1v) is 10.9. The first kappa shape index (κ1) is 19.7. The molecule has 0 aliphatic heterocycles. The summed E-state index contributed by atoms with van der Waals surface area (Å²) in [6.45, 7) is 0. The zero-order valence-corrected chi connectivity index (χ0v) is 18.2. The highest BCUT2D eigenvalue weighted by Crippen LogP contribution is 2.36. The highest BCUT2D eigenvalue weighted by molar-refractivity contribution is 7.99. The van der Waals surface area contributed by atoms with Crippen LogP contribution in [0.4, 0.5) is 11.5 Å². The molecule has 4 nitrogen and oxygen atoms in total. The van der Waals surface area contributed by atoms with Crippen LogP contribution >= 0.6 is 23.4 Å². The highest BCUT2D eigenvalue weighted by Gasteiger charge is 2.13. The molecule has 1 heterocycles. The smallest absolute Gasteiger partial charge is 0.164 e. The lowest BCUT2D eigenvalue weighted by Gasteiger charge is -2.13. The van der Waals surface area contributed by atoms with Crippen molar-refractivity contribution >= 4 is 56.7 Å². The van der Waals surface area contributed by atoms with E-state index in [0.717, 1.165) is 43.2 Å². The molecule has 0 bridgehead atoms. The Kier molecular flexibility index (Phi) is 5.37. The fourth-order valence-electron chi connectivity index (χ4n) is 3.32. The summed E-state index contributed by atoms with van der Waals surface area (Å²) in [6, 6.07) is 27.9. The van der Waals surface area contributed by atoms with Gasteiger partial charge in [-0.1, -0.05) is 53.7 Å². The Bertz CT molecular complexity index is 1390. The third-order valence-corrected chi connectivity index (χ3v) is 6.08. The number of methoxy groups -OCH3 is 1. The van der Waals surface area contributed by atoms with Gasteiger partial charge in [0.15, 0.2) is 5.82 Å². The van der Waals surface area contributed by atoms with Gasteiger partial charge in [-0.05, 0) is 65.4 Å². The molecule has 0 unspecified atom stereocenters. The standard InChI is InChI=1S/C25H18ClN3OS/c1-30-20-7-4-8-21(15-20)31-25-24(27-19-11-9-18(26)10-12-19)28-22-13-16-5-2-3-6-17(16)14-23(22)29-25/h2-15H,1H3,(H,27,28). The van der Waals surface area contributed by atoms with Crippen molar-refractivity contribution in [1.29, 1.82) is 0 Å². The summed E-state index contributed by atoms with van der Waals surface area (Å²) < 4.78 is 5.37. The molecule has 0 atom stereocenters. The Morgan fingerprint density at radius 1 is 0.806 bits per heavy atom. The Morgan fingerprint density at radius 3 is 2.23 bits per heavy atom. The van der Waals surface area contributed by atoms with Crippen LogP contribution in [0.1, 0.15) is 0 Å². The minimum atomic E-state index is 0.688. The second-order valence-electron chi connectivity index (χ2n) is 6.98. The number of halogens is 1. The second kappa shape index (κ2) is 8.46. The average Bonchev–Trinajstić information content (AvgIpc) is 2.80. The summed E-state index contributed by atoms with van der Waals surface area (Å²) in [5, 5.41) is 7.15. The number of ether oxygens (including phenoxy) is 1. The van der Waals surface area contributed by atoms with Crippen LogP contribution in [0.2, 0.25) is 5.02 Å². The molecule has 0 saturated heterocycles. The normalized spacial score (nSPS) is 11.0. The number of hydrogen-bond donors (Lipinski definition) is 1. The van der Waals surface area contributed by atoms with Gasteiger partial charge in [-0.3, -0.25) is 0 Å². The van der Waals surface area contributed by atoms with Crippen LogP contribution in [0.15, 0.2) is 94.9 Å². The predicted octanol–water partition coefficient (Wildman–Crippen LogP) is 7.34. The lowest BCUT2D eigenvalue weighted by Crippen LogP contribution is -1.99. The van der Waals surface area contributed by atoms with E-state index in [9.17, 15) is 0 Å². The van der Waals surface area contributed by atoms with Crippen LogP contribution in [0.25, 0.3) is 21.8 Å². The van der Waals surface area contributed by atoms with Gasteiger partial charge in [-0.25, -0.2) is 9.97 Å². The van der Waals surface area contributed by atoms with Crippen LogP contribution in [0, 0.1) is 0 Å². The lowest BCUT2D eigenvalue weighted by atomic mass is 10.1. The molecule has 0 radical (unpaired) electrons. The minimum absolute atomic E-state index is 0.688. The molecular formula is C25H18ClN3OS. The summed E-state index contributed by atoms with van der Waals surface area (Å²) in [6.07, 6.45) is 0. The van der Waals surface area contributed by atoms with E-state index in [1.54, 1.807) is 18.9 Å². The van der Waals surface area contributed by atoms with E-state index in [1.165, 1.54) is 0 Å². The number of rotatable bonds is 5. The summed E-state index contributed by atoms with van der Waals surface area (Å²) in [5.74, 6) is 1.50. The summed E-state index contributed by atoms with van der Waals surface area (Å²) in [4.78, 5) is 10.9. The van der Waals surface area contributed by atoms with E-state index in [4.69, 9.17) is 26.3 Å². The number of nitrogens with one attached hydrogen (secondary N) is 1. The van der Waals surface area contributed by atoms with E-state index in [2.05, 4.69) is 29.6 Å². The Balaban J connectivity index is 1.63. The lowest BCUT2D eigenvalue weighted by molar-refractivity contribution is 0.413. The van der Waals surface area contributed by atoms with Crippen molar-refractivity contribution in [2.75, 3.05) is 12.4 Å². The second-order valence-corrected chi connectivity index (χ2v) is 8.48. The van der Waals surface area contributed by atoms with Gasteiger partial charge >= 0.3 is 0 Å². The fraction of sp³-hybridized carbons (Fsp3) is 0.0400. The zero-order valence-electron chi connectivity index (χ0n) is 16.7. The predicted molar refractivity (Wildman–Crippen MR) is 129 cm³/mol. The van der Waals surface area contributed by atoms with Gasteiger partial charge in [0, 0.05) is 15.6 Å². The van der Waals surface area contributed by atoms with Crippen LogP contribution < -0.4 is 10.1 Å². The van der Waals surface area contributed by atoms with Crippen LogP contribution in [0.3, 0.4) is 0 Å². The molecule has 31 heavy (non-hydrogen) atoms. The third kappa shape index (κ3) is 4.29. The highest BCUT2D eigenvalue weighted by atomic mass is 35.5. The molecular weight excluding hydrogens is 426 g/mol. The monoisotopic (exact) mass is 443 g/mol. The molecule has 0 amide bonds. The van der Waals surface area contributed by atoms with Gasteiger partial charge in [0.2, 0.25) is 0 Å². The maximum Gasteiger partial charge on any atom is 0.164 e. The Labute approximate surface area is 189 Å². The number of aromatic nitrogens is 2. The van der Waals surface area contributed by atoms with Crippen LogP contribution in [-0.2, 0) is 0 Å². The maximum atomic E-state index is 6.04. The zero-order chi connectivity index (χ0) is 21.2.